The summed E-state index contributed by atoms with van der Waals surface area (Å²) in [5.41, 5.74) is 5.46. The lowest BCUT2D eigenvalue weighted by atomic mass is 10.3. The molecule has 0 saturated carbocycles. The minimum atomic E-state index is 0. The van der Waals surface area contributed by atoms with Crippen LogP contribution in [-0.2, 0) is 13.1 Å². The van der Waals surface area contributed by atoms with E-state index in [1.54, 1.807) is 6.20 Å². The molecule has 128 valence electrons. The van der Waals surface area contributed by atoms with Crippen LogP contribution in [0.5, 0.6) is 0 Å². The number of hydrogen-bond acceptors (Lipinski definition) is 7. The van der Waals surface area contributed by atoms with E-state index in [-0.39, 0.29) is 31.4 Å². The quantitative estimate of drug-likeness (QED) is 0.863. The molecule has 2 N–H and O–H groups in total. The molecule has 0 unspecified atom stereocenters. The maximum Gasteiger partial charge on any atom is 0.240 e. The zero-order valence-corrected chi connectivity index (χ0v) is 14.8. The van der Waals surface area contributed by atoms with E-state index in [1.807, 2.05) is 12.1 Å². The summed E-state index contributed by atoms with van der Waals surface area (Å²) in [4.78, 5) is 13.1. The average molecular weight is 382 g/mol. The first-order valence-electron chi connectivity index (χ1n) is 6.85. The van der Waals surface area contributed by atoms with E-state index in [0.29, 0.717) is 23.3 Å². The van der Waals surface area contributed by atoms with E-state index >= 15 is 0 Å². The number of piperazine rings is 1. The highest BCUT2D eigenvalue weighted by molar-refractivity contribution is 6.30. The third-order valence-corrected chi connectivity index (χ3v) is 3.68. The van der Waals surface area contributed by atoms with Gasteiger partial charge in [-0.2, -0.15) is 4.98 Å². The molecule has 1 aliphatic rings. The topological polar surface area (TPSA) is 84.3 Å². The third-order valence-electron chi connectivity index (χ3n) is 3.46. The second-order valence-electron chi connectivity index (χ2n) is 4.91. The third kappa shape index (κ3) is 5.19. The molecular formula is C13H19Cl3N6O. The number of nitrogens with two attached hydrogens (primary N) is 1. The first-order valence-corrected chi connectivity index (χ1v) is 7.23. The van der Waals surface area contributed by atoms with Gasteiger partial charge in [0.1, 0.15) is 5.82 Å². The molecular weight excluding hydrogens is 363 g/mol. The lowest BCUT2D eigenvalue weighted by Gasteiger charge is -2.34. The Morgan fingerprint density at radius 2 is 1.91 bits per heavy atom. The summed E-state index contributed by atoms with van der Waals surface area (Å²) >= 11 is 5.86. The molecule has 1 fully saturated rings. The van der Waals surface area contributed by atoms with E-state index in [0.717, 1.165) is 32.0 Å². The molecule has 3 heterocycles. The monoisotopic (exact) mass is 380 g/mol. The van der Waals surface area contributed by atoms with Gasteiger partial charge in [0.05, 0.1) is 18.1 Å². The van der Waals surface area contributed by atoms with Crippen LogP contribution in [0.15, 0.2) is 22.9 Å². The molecule has 0 spiro atoms. The molecule has 1 saturated heterocycles. The van der Waals surface area contributed by atoms with Gasteiger partial charge in [0.25, 0.3) is 0 Å². The zero-order valence-electron chi connectivity index (χ0n) is 12.4. The van der Waals surface area contributed by atoms with Crippen LogP contribution >= 0.6 is 36.4 Å². The Balaban J connectivity index is 0.00000132. The van der Waals surface area contributed by atoms with Crippen molar-refractivity contribution in [2.75, 3.05) is 31.1 Å². The number of hydrogen-bond donors (Lipinski definition) is 1. The van der Waals surface area contributed by atoms with Gasteiger partial charge in [-0.05, 0) is 12.1 Å². The lowest BCUT2D eigenvalue weighted by Crippen LogP contribution is -2.46. The van der Waals surface area contributed by atoms with E-state index in [2.05, 4.69) is 24.9 Å². The molecule has 0 aromatic carbocycles. The van der Waals surface area contributed by atoms with Gasteiger partial charge in [0, 0.05) is 32.4 Å². The smallest absolute Gasteiger partial charge is 0.240 e. The van der Waals surface area contributed by atoms with Crippen LogP contribution in [-0.4, -0.2) is 46.2 Å². The van der Waals surface area contributed by atoms with Crippen molar-refractivity contribution in [2.45, 2.75) is 13.1 Å². The van der Waals surface area contributed by atoms with Gasteiger partial charge in [-0.3, -0.25) is 4.90 Å². The van der Waals surface area contributed by atoms with Crippen molar-refractivity contribution in [3.8, 4) is 0 Å². The zero-order chi connectivity index (χ0) is 14.7. The number of nitrogens with zero attached hydrogens (tertiary/aromatic N) is 5. The summed E-state index contributed by atoms with van der Waals surface area (Å²) in [6, 6.07) is 3.81. The molecule has 2 aromatic heterocycles. The second-order valence-corrected chi connectivity index (χ2v) is 5.34. The Kier molecular flexibility index (Phi) is 8.01. The molecule has 0 aliphatic carbocycles. The molecule has 1 aliphatic heterocycles. The second kappa shape index (κ2) is 9.24. The van der Waals surface area contributed by atoms with Crippen LogP contribution in [0.1, 0.15) is 11.7 Å². The van der Waals surface area contributed by atoms with Gasteiger partial charge < -0.3 is 15.2 Å². The Morgan fingerprint density at radius 3 is 2.48 bits per heavy atom. The van der Waals surface area contributed by atoms with Gasteiger partial charge in [0.15, 0.2) is 5.82 Å². The fourth-order valence-electron chi connectivity index (χ4n) is 2.33. The molecule has 0 bridgehead atoms. The molecule has 0 radical (unpaired) electrons. The highest BCUT2D eigenvalue weighted by Crippen LogP contribution is 2.16. The summed E-state index contributed by atoms with van der Waals surface area (Å²) in [5.74, 6) is 2.13. The number of rotatable bonds is 4. The van der Waals surface area contributed by atoms with Crippen molar-refractivity contribution in [2.24, 2.45) is 5.73 Å². The first-order chi connectivity index (χ1) is 10.2. The summed E-state index contributed by atoms with van der Waals surface area (Å²) in [6.07, 6.45) is 1.68. The van der Waals surface area contributed by atoms with Crippen LogP contribution in [0.25, 0.3) is 0 Å². The fraction of sp³-hybridized carbons (Fsp3) is 0.462. The molecule has 2 aromatic rings. The van der Waals surface area contributed by atoms with Crippen molar-refractivity contribution in [3.05, 3.63) is 35.1 Å². The Morgan fingerprint density at radius 1 is 1.17 bits per heavy atom. The molecule has 0 amide bonds. The summed E-state index contributed by atoms with van der Waals surface area (Å²) < 4.78 is 5.01. The van der Waals surface area contributed by atoms with E-state index in [4.69, 9.17) is 21.9 Å². The van der Waals surface area contributed by atoms with Crippen LogP contribution in [0.2, 0.25) is 5.02 Å². The van der Waals surface area contributed by atoms with Gasteiger partial charge >= 0.3 is 0 Å². The van der Waals surface area contributed by atoms with Crippen molar-refractivity contribution >= 4 is 42.2 Å². The van der Waals surface area contributed by atoms with Crippen LogP contribution in [0.4, 0.5) is 5.82 Å². The van der Waals surface area contributed by atoms with Crippen molar-refractivity contribution in [1.29, 1.82) is 0 Å². The summed E-state index contributed by atoms with van der Waals surface area (Å²) in [7, 11) is 0. The summed E-state index contributed by atoms with van der Waals surface area (Å²) in [5, 5.41) is 4.58. The Labute approximate surface area is 152 Å². The Hall–Kier alpha value is -1.12. The number of halogens is 3. The number of anilines is 1. The van der Waals surface area contributed by atoms with E-state index < -0.39 is 0 Å². The minimum Gasteiger partial charge on any atom is -0.354 e. The molecule has 3 rings (SSSR count). The fourth-order valence-corrected chi connectivity index (χ4v) is 2.44. The maximum atomic E-state index is 5.86. The summed E-state index contributed by atoms with van der Waals surface area (Å²) in [6.45, 7) is 4.65. The minimum absolute atomic E-state index is 0. The lowest BCUT2D eigenvalue weighted by molar-refractivity contribution is 0.239. The van der Waals surface area contributed by atoms with Gasteiger partial charge in [-0.1, -0.05) is 16.8 Å². The van der Waals surface area contributed by atoms with E-state index in [9.17, 15) is 0 Å². The number of aromatic nitrogens is 3. The Bertz CT molecular complexity index is 586. The predicted octanol–water partition coefficient (Wildman–Crippen LogP) is 1.74. The van der Waals surface area contributed by atoms with Gasteiger partial charge in [-0.25, -0.2) is 4.98 Å². The standard InChI is InChI=1S/C13H17ClN6O.2ClH/c14-10-1-2-12(16-8-10)20-5-3-19(4-6-20)9-11-17-13(7-15)21-18-11;;/h1-2,8H,3-7,9,15H2;2*1H. The SMILES string of the molecule is Cl.Cl.NCc1nc(CN2CCN(c3ccc(Cl)cn3)CC2)no1. The largest absolute Gasteiger partial charge is 0.354 e. The van der Waals surface area contributed by atoms with Crippen molar-refractivity contribution in [3.63, 3.8) is 0 Å². The van der Waals surface area contributed by atoms with Crippen LogP contribution < -0.4 is 10.6 Å². The van der Waals surface area contributed by atoms with Gasteiger partial charge in [-0.15, -0.1) is 24.8 Å². The molecule has 10 heteroatoms. The highest BCUT2D eigenvalue weighted by Gasteiger charge is 2.19. The van der Waals surface area contributed by atoms with Crippen LogP contribution in [0.3, 0.4) is 0 Å². The van der Waals surface area contributed by atoms with Crippen molar-refractivity contribution in [1.82, 2.24) is 20.0 Å². The van der Waals surface area contributed by atoms with Crippen LogP contribution in [0, 0.1) is 0 Å². The maximum absolute atomic E-state index is 5.86. The highest BCUT2D eigenvalue weighted by atomic mass is 35.5. The van der Waals surface area contributed by atoms with E-state index in [1.165, 1.54) is 0 Å². The predicted molar refractivity (Wildman–Crippen MR) is 93.4 cm³/mol. The molecule has 23 heavy (non-hydrogen) atoms. The first kappa shape index (κ1) is 19.9. The normalized spacial score (nSPS) is 15.0. The van der Waals surface area contributed by atoms with Crippen molar-refractivity contribution < 1.29 is 4.52 Å². The molecule has 7 nitrogen and oxygen atoms in total. The molecule has 0 atom stereocenters. The van der Waals surface area contributed by atoms with Gasteiger partial charge in [0.2, 0.25) is 5.89 Å². The number of pyridine rings is 1. The average Bonchev–Trinajstić information content (AvgIpc) is 2.97.